The number of nitrogens with zero attached hydrogens (tertiary/aromatic N) is 2. The third-order valence-corrected chi connectivity index (χ3v) is 4.02. The Kier molecular flexibility index (Phi) is 5.43. The molecule has 0 radical (unpaired) electrons. The Morgan fingerprint density at radius 3 is 2.65 bits per heavy atom. The number of anilines is 1. The number of aliphatic hydroxyl groups excluding tert-OH is 1. The fraction of sp³-hybridized carbons (Fsp3) is 0.333. The minimum absolute atomic E-state index is 0.00198. The van der Waals surface area contributed by atoms with Crippen LogP contribution in [0, 0.1) is 10.1 Å². The van der Waals surface area contributed by atoms with Crippen molar-refractivity contribution in [3.05, 3.63) is 52.6 Å². The number of non-ortho nitro benzene ring substituents is 1. The number of hydrogen-bond acceptors (Lipinski definition) is 7. The van der Waals surface area contributed by atoms with E-state index in [9.17, 15) is 15.2 Å². The van der Waals surface area contributed by atoms with E-state index in [-0.39, 0.29) is 19.1 Å². The SMILES string of the molecule is CCN(CC(O)COc1ccc([N+](=O)[O-])cc1)c1ccc2c(c1)OCO2. The number of aliphatic hydroxyl groups is 1. The van der Waals surface area contributed by atoms with Crippen LogP contribution < -0.4 is 19.1 Å². The topological polar surface area (TPSA) is 94.3 Å². The standard InChI is InChI=1S/C18H20N2O6/c1-2-19(14-5-8-17-18(9-14)26-12-25-17)10-15(21)11-24-16-6-3-13(4-7-16)20(22)23/h3-9,15,21H,2,10-12H2,1H3. The fourth-order valence-electron chi connectivity index (χ4n) is 2.66. The lowest BCUT2D eigenvalue weighted by Gasteiger charge is -2.26. The molecule has 0 bridgehead atoms. The van der Waals surface area contributed by atoms with E-state index >= 15 is 0 Å². The first-order valence-electron chi connectivity index (χ1n) is 8.26. The summed E-state index contributed by atoms with van der Waals surface area (Å²) in [6.45, 7) is 3.38. The van der Waals surface area contributed by atoms with Crippen LogP contribution in [0.5, 0.6) is 17.2 Å². The van der Waals surface area contributed by atoms with Crippen molar-refractivity contribution in [3.63, 3.8) is 0 Å². The Morgan fingerprint density at radius 1 is 1.23 bits per heavy atom. The van der Waals surface area contributed by atoms with E-state index in [1.165, 1.54) is 24.3 Å². The molecule has 1 heterocycles. The average molecular weight is 360 g/mol. The third kappa shape index (κ3) is 4.15. The highest BCUT2D eigenvalue weighted by molar-refractivity contribution is 5.57. The monoisotopic (exact) mass is 360 g/mol. The number of benzene rings is 2. The predicted octanol–water partition coefficient (Wildman–Crippen LogP) is 2.59. The van der Waals surface area contributed by atoms with Crippen molar-refractivity contribution in [1.29, 1.82) is 0 Å². The molecule has 0 amide bonds. The third-order valence-electron chi connectivity index (χ3n) is 4.02. The van der Waals surface area contributed by atoms with Crippen LogP contribution in [0.25, 0.3) is 0 Å². The highest BCUT2D eigenvalue weighted by Crippen LogP contribution is 2.35. The lowest BCUT2D eigenvalue weighted by Crippen LogP contribution is -2.35. The van der Waals surface area contributed by atoms with E-state index in [2.05, 4.69) is 0 Å². The second-order valence-corrected chi connectivity index (χ2v) is 5.79. The summed E-state index contributed by atoms with van der Waals surface area (Å²) in [7, 11) is 0. The fourth-order valence-corrected chi connectivity index (χ4v) is 2.66. The molecule has 3 rings (SSSR count). The molecule has 1 N–H and O–H groups in total. The van der Waals surface area contributed by atoms with E-state index in [1.54, 1.807) is 0 Å². The zero-order valence-electron chi connectivity index (χ0n) is 14.3. The summed E-state index contributed by atoms with van der Waals surface area (Å²) in [6.07, 6.45) is -0.726. The minimum atomic E-state index is -0.726. The molecule has 1 atom stereocenters. The van der Waals surface area contributed by atoms with Gasteiger partial charge in [0.25, 0.3) is 5.69 Å². The molecule has 2 aromatic carbocycles. The minimum Gasteiger partial charge on any atom is -0.491 e. The van der Waals surface area contributed by atoms with Gasteiger partial charge in [-0.1, -0.05) is 0 Å². The van der Waals surface area contributed by atoms with Crippen LogP contribution in [0.15, 0.2) is 42.5 Å². The smallest absolute Gasteiger partial charge is 0.269 e. The van der Waals surface area contributed by atoms with Crippen LogP contribution in [0.2, 0.25) is 0 Å². The van der Waals surface area contributed by atoms with Crippen LogP contribution >= 0.6 is 0 Å². The summed E-state index contributed by atoms with van der Waals surface area (Å²) in [5.74, 6) is 1.88. The first-order chi connectivity index (χ1) is 12.6. The van der Waals surface area contributed by atoms with Gasteiger partial charge in [-0.05, 0) is 31.2 Å². The van der Waals surface area contributed by atoms with Crippen molar-refractivity contribution in [3.8, 4) is 17.2 Å². The number of likely N-dealkylation sites (N-methyl/N-ethyl adjacent to an activating group) is 1. The van der Waals surface area contributed by atoms with Crippen LogP contribution in [-0.2, 0) is 0 Å². The lowest BCUT2D eigenvalue weighted by molar-refractivity contribution is -0.384. The number of nitro groups is 1. The van der Waals surface area contributed by atoms with Crippen molar-refractivity contribution in [1.82, 2.24) is 0 Å². The molecule has 8 nitrogen and oxygen atoms in total. The molecule has 1 unspecified atom stereocenters. The van der Waals surface area contributed by atoms with Crippen molar-refractivity contribution in [2.45, 2.75) is 13.0 Å². The zero-order valence-corrected chi connectivity index (χ0v) is 14.3. The van der Waals surface area contributed by atoms with E-state index in [1.807, 2.05) is 30.0 Å². The van der Waals surface area contributed by atoms with Crippen molar-refractivity contribution >= 4 is 11.4 Å². The van der Waals surface area contributed by atoms with E-state index in [0.717, 1.165) is 5.69 Å². The maximum Gasteiger partial charge on any atom is 0.269 e. The van der Waals surface area contributed by atoms with Crippen LogP contribution in [0.4, 0.5) is 11.4 Å². The number of fused-ring (bicyclic) bond motifs is 1. The summed E-state index contributed by atoms with van der Waals surface area (Å²) in [6, 6.07) is 11.4. The molecule has 1 aliphatic rings. The largest absolute Gasteiger partial charge is 0.491 e. The summed E-state index contributed by atoms with van der Waals surface area (Å²) in [4.78, 5) is 12.2. The maximum atomic E-state index is 10.6. The van der Waals surface area contributed by atoms with Crippen molar-refractivity contribution in [2.75, 3.05) is 31.4 Å². The molecule has 0 saturated heterocycles. The molecule has 0 aromatic heterocycles. The maximum absolute atomic E-state index is 10.6. The summed E-state index contributed by atoms with van der Waals surface area (Å²) >= 11 is 0. The molecular weight excluding hydrogens is 340 g/mol. The van der Waals surface area contributed by atoms with Crippen molar-refractivity contribution < 1.29 is 24.2 Å². The molecule has 0 fully saturated rings. The van der Waals surface area contributed by atoms with E-state index in [0.29, 0.717) is 30.3 Å². The first kappa shape index (κ1) is 17.8. The predicted molar refractivity (Wildman–Crippen MR) is 95.1 cm³/mol. The van der Waals surface area contributed by atoms with Gasteiger partial charge in [-0.3, -0.25) is 10.1 Å². The van der Waals surface area contributed by atoms with E-state index in [4.69, 9.17) is 14.2 Å². The molecule has 2 aromatic rings. The highest BCUT2D eigenvalue weighted by atomic mass is 16.7. The van der Waals surface area contributed by atoms with Crippen LogP contribution in [0.1, 0.15) is 6.92 Å². The van der Waals surface area contributed by atoms with Gasteiger partial charge in [0, 0.05) is 37.0 Å². The average Bonchev–Trinajstić information content (AvgIpc) is 3.12. The van der Waals surface area contributed by atoms with E-state index < -0.39 is 11.0 Å². The van der Waals surface area contributed by atoms with Gasteiger partial charge in [0.1, 0.15) is 18.5 Å². The first-order valence-corrected chi connectivity index (χ1v) is 8.26. The molecule has 0 saturated carbocycles. The molecule has 138 valence electrons. The molecule has 1 aliphatic heterocycles. The quantitative estimate of drug-likeness (QED) is 0.571. The molecule has 8 heteroatoms. The van der Waals surface area contributed by atoms with Gasteiger partial charge in [-0.15, -0.1) is 0 Å². The number of rotatable bonds is 8. The summed E-state index contributed by atoms with van der Waals surface area (Å²) in [5, 5.41) is 20.9. The number of hydrogen-bond donors (Lipinski definition) is 1. The highest BCUT2D eigenvalue weighted by Gasteiger charge is 2.17. The molecule has 26 heavy (non-hydrogen) atoms. The van der Waals surface area contributed by atoms with Gasteiger partial charge < -0.3 is 24.2 Å². The van der Waals surface area contributed by atoms with Gasteiger partial charge >= 0.3 is 0 Å². The summed E-state index contributed by atoms with van der Waals surface area (Å²) < 4.78 is 16.2. The Bertz CT molecular complexity index is 765. The lowest BCUT2D eigenvalue weighted by atomic mass is 10.2. The zero-order chi connectivity index (χ0) is 18.5. The summed E-state index contributed by atoms with van der Waals surface area (Å²) in [5.41, 5.74) is 0.920. The Balaban J connectivity index is 1.55. The second kappa shape index (κ2) is 7.92. The van der Waals surface area contributed by atoms with Gasteiger partial charge in [-0.25, -0.2) is 0 Å². The Morgan fingerprint density at radius 2 is 1.96 bits per heavy atom. The number of ether oxygens (including phenoxy) is 3. The molecular formula is C18H20N2O6. The van der Waals surface area contributed by atoms with Gasteiger partial charge in [0.15, 0.2) is 11.5 Å². The van der Waals surface area contributed by atoms with Crippen LogP contribution in [0.3, 0.4) is 0 Å². The Labute approximate surface area is 150 Å². The van der Waals surface area contributed by atoms with Gasteiger partial charge in [0.2, 0.25) is 6.79 Å². The number of nitro benzene ring substituents is 1. The Hall–Kier alpha value is -3.00. The molecule has 0 aliphatic carbocycles. The normalized spacial score (nSPS) is 13.3. The molecule has 0 spiro atoms. The van der Waals surface area contributed by atoms with Gasteiger partial charge in [0.05, 0.1) is 4.92 Å². The van der Waals surface area contributed by atoms with Crippen LogP contribution in [-0.4, -0.2) is 42.6 Å². The van der Waals surface area contributed by atoms with Gasteiger partial charge in [-0.2, -0.15) is 0 Å². The second-order valence-electron chi connectivity index (χ2n) is 5.79. The van der Waals surface area contributed by atoms with Crippen molar-refractivity contribution in [2.24, 2.45) is 0 Å².